The average Bonchev–Trinajstić information content (AvgIpc) is 2.68. The molecule has 0 aliphatic rings. The van der Waals surface area contributed by atoms with Crippen molar-refractivity contribution in [1.29, 1.82) is 0 Å². The highest BCUT2D eigenvalue weighted by Crippen LogP contribution is 2.24. The van der Waals surface area contributed by atoms with Gasteiger partial charge in [-0.25, -0.2) is 0 Å². The van der Waals surface area contributed by atoms with Gasteiger partial charge in [0.2, 0.25) is 0 Å². The summed E-state index contributed by atoms with van der Waals surface area (Å²) in [6, 6.07) is 3.58. The van der Waals surface area contributed by atoms with Crippen molar-refractivity contribution in [1.82, 2.24) is 5.32 Å². The van der Waals surface area contributed by atoms with Crippen LogP contribution in [0.15, 0.2) is 22.8 Å². The van der Waals surface area contributed by atoms with E-state index in [9.17, 15) is 5.11 Å². The third-order valence-corrected chi connectivity index (χ3v) is 3.14. The highest BCUT2D eigenvalue weighted by molar-refractivity contribution is 5.02. The van der Waals surface area contributed by atoms with Crippen LogP contribution in [0.4, 0.5) is 0 Å². The lowest BCUT2D eigenvalue weighted by Gasteiger charge is -2.27. The summed E-state index contributed by atoms with van der Waals surface area (Å²) >= 11 is 0. The molecule has 0 aliphatic carbocycles. The smallest absolute Gasteiger partial charge is 0.133 e. The van der Waals surface area contributed by atoms with Gasteiger partial charge in [-0.2, -0.15) is 0 Å². The van der Waals surface area contributed by atoms with Crippen LogP contribution < -0.4 is 5.32 Å². The molecule has 3 heteroatoms. The van der Waals surface area contributed by atoms with Gasteiger partial charge in [0.1, 0.15) is 11.9 Å². The van der Waals surface area contributed by atoms with Gasteiger partial charge in [-0.05, 0) is 30.0 Å². The van der Waals surface area contributed by atoms with E-state index < -0.39 is 6.10 Å². The first kappa shape index (κ1) is 13.3. The summed E-state index contributed by atoms with van der Waals surface area (Å²) in [6.07, 6.45) is 1.03. The number of hydrogen-bond donors (Lipinski definition) is 2. The van der Waals surface area contributed by atoms with Crippen molar-refractivity contribution in [2.75, 3.05) is 13.1 Å². The van der Waals surface area contributed by atoms with Gasteiger partial charge in [-0.1, -0.05) is 27.7 Å². The van der Waals surface area contributed by atoms with E-state index in [2.05, 4.69) is 33.0 Å². The lowest BCUT2D eigenvalue weighted by Crippen LogP contribution is -2.32. The minimum atomic E-state index is -0.554. The Kier molecular flexibility index (Phi) is 4.56. The van der Waals surface area contributed by atoms with Crippen LogP contribution in [-0.2, 0) is 0 Å². The Morgan fingerprint density at radius 1 is 1.38 bits per heavy atom. The predicted molar refractivity (Wildman–Crippen MR) is 65.2 cm³/mol. The summed E-state index contributed by atoms with van der Waals surface area (Å²) < 4.78 is 5.13. The highest BCUT2D eigenvalue weighted by Gasteiger charge is 2.20. The Balaban J connectivity index is 2.26. The molecule has 1 aromatic rings. The quantitative estimate of drug-likeness (QED) is 0.809. The molecule has 0 amide bonds. The van der Waals surface area contributed by atoms with E-state index in [1.807, 2.05) is 0 Å². The number of rotatable bonds is 5. The van der Waals surface area contributed by atoms with Crippen LogP contribution in [0.2, 0.25) is 0 Å². The Bertz CT molecular complexity index is 287. The molecule has 16 heavy (non-hydrogen) atoms. The van der Waals surface area contributed by atoms with Crippen molar-refractivity contribution in [3.8, 4) is 0 Å². The maximum absolute atomic E-state index is 9.77. The minimum absolute atomic E-state index is 0.294. The first-order valence-electron chi connectivity index (χ1n) is 5.83. The summed E-state index contributed by atoms with van der Waals surface area (Å²) in [5.74, 6) is 1.19. The highest BCUT2D eigenvalue weighted by atomic mass is 16.4. The average molecular weight is 225 g/mol. The fraction of sp³-hybridized carbons (Fsp3) is 0.692. The minimum Gasteiger partial charge on any atom is -0.467 e. The van der Waals surface area contributed by atoms with Crippen molar-refractivity contribution < 1.29 is 9.52 Å². The summed E-state index contributed by atoms with van der Waals surface area (Å²) in [4.78, 5) is 0. The van der Waals surface area contributed by atoms with Crippen LogP contribution in [-0.4, -0.2) is 18.2 Å². The van der Waals surface area contributed by atoms with Crippen molar-refractivity contribution in [2.45, 2.75) is 33.8 Å². The zero-order valence-corrected chi connectivity index (χ0v) is 10.7. The van der Waals surface area contributed by atoms with E-state index in [0.717, 1.165) is 6.54 Å². The van der Waals surface area contributed by atoms with Crippen LogP contribution in [0.3, 0.4) is 0 Å². The first-order valence-corrected chi connectivity index (χ1v) is 5.83. The molecule has 1 aromatic heterocycles. The standard InChI is InChI=1S/C13H23NO2/c1-10(13(2,3)4)8-14-9-11(15)12-6-5-7-16-12/h5-7,10-11,14-15H,8-9H2,1-4H3. The lowest BCUT2D eigenvalue weighted by molar-refractivity contribution is 0.141. The van der Waals surface area contributed by atoms with E-state index in [0.29, 0.717) is 23.6 Å². The molecule has 0 aromatic carbocycles. The maximum atomic E-state index is 9.77. The van der Waals surface area contributed by atoms with E-state index in [1.54, 1.807) is 18.4 Å². The SMILES string of the molecule is CC(CNCC(O)c1ccco1)C(C)(C)C. The molecule has 0 saturated carbocycles. The maximum Gasteiger partial charge on any atom is 0.133 e. The monoisotopic (exact) mass is 225 g/mol. The summed E-state index contributed by atoms with van der Waals surface area (Å²) in [5, 5.41) is 13.0. The third kappa shape index (κ3) is 3.99. The third-order valence-electron chi connectivity index (χ3n) is 3.14. The van der Waals surface area contributed by atoms with Crippen molar-refractivity contribution >= 4 is 0 Å². The zero-order valence-electron chi connectivity index (χ0n) is 10.7. The molecular weight excluding hydrogens is 202 g/mol. The van der Waals surface area contributed by atoms with E-state index in [-0.39, 0.29) is 0 Å². The first-order chi connectivity index (χ1) is 7.41. The fourth-order valence-corrected chi connectivity index (χ4v) is 1.32. The van der Waals surface area contributed by atoms with Crippen molar-refractivity contribution in [3.05, 3.63) is 24.2 Å². The molecule has 2 atom stereocenters. The second-order valence-electron chi connectivity index (χ2n) is 5.46. The lowest BCUT2D eigenvalue weighted by atomic mass is 9.82. The van der Waals surface area contributed by atoms with Crippen molar-refractivity contribution in [2.24, 2.45) is 11.3 Å². The van der Waals surface area contributed by atoms with Crippen molar-refractivity contribution in [3.63, 3.8) is 0 Å². The Hall–Kier alpha value is -0.800. The molecule has 1 heterocycles. The summed E-state index contributed by atoms with van der Waals surface area (Å²) in [5.41, 5.74) is 0.294. The molecule has 0 radical (unpaired) electrons. The topological polar surface area (TPSA) is 45.4 Å². The van der Waals surface area contributed by atoms with Gasteiger partial charge in [-0.3, -0.25) is 0 Å². The number of hydrogen-bond acceptors (Lipinski definition) is 3. The summed E-state index contributed by atoms with van der Waals surface area (Å²) in [7, 11) is 0. The van der Waals surface area contributed by atoms with Gasteiger partial charge in [-0.15, -0.1) is 0 Å². The molecular formula is C13H23NO2. The van der Waals surface area contributed by atoms with E-state index in [4.69, 9.17) is 4.42 Å². The molecule has 0 saturated heterocycles. The van der Waals surface area contributed by atoms with E-state index in [1.165, 1.54) is 0 Å². The fourth-order valence-electron chi connectivity index (χ4n) is 1.32. The van der Waals surface area contributed by atoms with E-state index >= 15 is 0 Å². The molecule has 3 nitrogen and oxygen atoms in total. The van der Waals surface area contributed by atoms with Crippen LogP contribution in [0.25, 0.3) is 0 Å². The Morgan fingerprint density at radius 3 is 2.56 bits per heavy atom. The van der Waals surface area contributed by atoms with Gasteiger partial charge < -0.3 is 14.8 Å². The molecule has 2 N–H and O–H groups in total. The Morgan fingerprint density at radius 2 is 2.06 bits per heavy atom. The number of furan rings is 1. The zero-order chi connectivity index (χ0) is 12.2. The second kappa shape index (κ2) is 5.51. The van der Waals surface area contributed by atoms with Crippen LogP contribution in [0.5, 0.6) is 0 Å². The largest absolute Gasteiger partial charge is 0.467 e. The Labute approximate surface area is 97.9 Å². The molecule has 2 unspecified atom stereocenters. The molecule has 92 valence electrons. The normalized spacial score (nSPS) is 16.1. The second-order valence-corrected chi connectivity index (χ2v) is 5.46. The number of aliphatic hydroxyl groups is 1. The summed E-state index contributed by atoms with van der Waals surface area (Å²) in [6.45, 7) is 10.3. The molecule has 0 aliphatic heterocycles. The van der Waals surface area contributed by atoms with Crippen LogP contribution >= 0.6 is 0 Å². The molecule has 0 spiro atoms. The number of nitrogens with one attached hydrogen (secondary N) is 1. The van der Waals surface area contributed by atoms with Gasteiger partial charge in [0, 0.05) is 6.54 Å². The molecule has 0 fully saturated rings. The molecule has 1 rings (SSSR count). The van der Waals surface area contributed by atoms with Crippen LogP contribution in [0.1, 0.15) is 39.6 Å². The van der Waals surface area contributed by atoms with Gasteiger partial charge in [0.05, 0.1) is 6.26 Å². The predicted octanol–water partition coefficient (Wildman–Crippen LogP) is 2.58. The molecule has 0 bridgehead atoms. The van der Waals surface area contributed by atoms with Gasteiger partial charge in [0.25, 0.3) is 0 Å². The van der Waals surface area contributed by atoms with Gasteiger partial charge in [0.15, 0.2) is 0 Å². The van der Waals surface area contributed by atoms with Gasteiger partial charge >= 0.3 is 0 Å². The number of aliphatic hydroxyl groups excluding tert-OH is 1. The van der Waals surface area contributed by atoms with Crippen LogP contribution in [0, 0.1) is 11.3 Å².